The van der Waals surface area contributed by atoms with Crippen LogP contribution in [0.5, 0.6) is 11.5 Å². The first-order valence-electron chi connectivity index (χ1n) is 7.29. The van der Waals surface area contributed by atoms with E-state index in [4.69, 9.17) is 9.47 Å². The molecule has 6 nitrogen and oxygen atoms in total. The standard InChI is InChI=1S/C17H13BrN4O2/c18-11-1-3-12(4-2-11)21-17-19-8-7-16(22-17)20-13-5-6-14-15(9-13)24-10-23-14/h1-9H,10H2,(H2,19,20,21,22). The summed E-state index contributed by atoms with van der Waals surface area (Å²) in [6.07, 6.45) is 1.70. The van der Waals surface area contributed by atoms with Gasteiger partial charge in [-0.25, -0.2) is 4.98 Å². The summed E-state index contributed by atoms with van der Waals surface area (Å²) in [4.78, 5) is 8.70. The van der Waals surface area contributed by atoms with Gasteiger partial charge >= 0.3 is 0 Å². The summed E-state index contributed by atoms with van der Waals surface area (Å²) < 4.78 is 11.7. The van der Waals surface area contributed by atoms with E-state index < -0.39 is 0 Å². The minimum absolute atomic E-state index is 0.257. The van der Waals surface area contributed by atoms with Crippen molar-refractivity contribution in [1.82, 2.24) is 9.97 Å². The van der Waals surface area contributed by atoms with Crippen LogP contribution in [0, 0.1) is 0 Å². The highest BCUT2D eigenvalue weighted by atomic mass is 79.9. The van der Waals surface area contributed by atoms with Crippen molar-refractivity contribution in [2.24, 2.45) is 0 Å². The minimum atomic E-state index is 0.257. The molecule has 1 aromatic heterocycles. The van der Waals surface area contributed by atoms with E-state index in [-0.39, 0.29) is 6.79 Å². The maximum atomic E-state index is 5.38. The molecule has 0 unspecified atom stereocenters. The molecule has 4 rings (SSSR count). The van der Waals surface area contributed by atoms with Gasteiger partial charge in [0.1, 0.15) is 5.82 Å². The van der Waals surface area contributed by atoms with Gasteiger partial charge in [0.05, 0.1) is 0 Å². The number of rotatable bonds is 4. The zero-order chi connectivity index (χ0) is 16.4. The molecule has 0 spiro atoms. The highest BCUT2D eigenvalue weighted by molar-refractivity contribution is 9.10. The van der Waals surface area contributed by atoms with E-state index in [0.717, 1.165) is 27.3 Å². The van der Waals surface area contributed by atoms with Gasteiger partial charge in [0.25, 0.3) is 0 Å². The molecule has 3 aromatic rings. The Morgan fingerprint density at radius 2 is 1.67 bits per heavy atom. The van der Waals surface area contributed by atoms with Crippen molar-refractivity contribution >= 4 is 39.1 Å². The lowest BCUT2D eigenvalue weighted by Gasteiger charge is -2.09. The lowest BCUT2D eigenvalue weighted by molar-refractivity contribution is 0.174. The fourth-order valence-electron chi connectivity index (χ4n) is 2.27. The number of aromatic nitrogens is 2. The maximum absolute atomic E-state index is 5.38. The van der Waals surface area contributed by atoms with Crippen LogP contribution in [0.4, 0.5) is 23.1 Å². The van der Waals surface area contributed by atoms with Crippen LogP contribution in [0.25, 0.3) is 0 Å². The first-order valence-corrected chi connectivity index (χ1v) is 8.08. The predicted octanol–water partition coefficient (Wildman–Crippen LogP) is 4.46. The lowest BCUT2D eigenvalue weighted by atomic mass is 10.3. The van der Waals surface area contributed by atoms with Crippen molar-refractivity contribution in [3.8, 4) is 11.5 Å². The van der Waals surface area contributed by atoms with Crippen molar-refractivity contribution in [1.29, 1.82) is 0 Å². The second kappa shape index (κ2) is 6.37. The van der Waals surface area contributed by atoms with E-state index >= 15 is 0 Å². The molecule has 24 heavy (non-hydrogen) atoms. The monoisotopic (exact) mass is 384 g/mol. The third-order valence-electron chi connectivity index (χ3n) is 3.40. The van der Waals surface area contributed by atoms with E-state index in [1.54, 1.807) is 12.3 Å². The van der Waals surface area contributed by atoms with Crippen LogP contribution in [-0.2, 0) is 0 Å². The van der Waals surface area contributed by atoms with Gasteiger partial charge in [-0.1, -0.05) is 15.9 Å². The topological polar surface area (TPSA) is 68.3 Å². The Morgan fingerprint density at radius 3 is 2.54 bits per heavy atom. The fourth-order valence-corrected chi connectivity index (χ4v) is 2.54. The Kier molecular flexibility index (Phi) is 3.92. The van der Waals surface area contributed by atoms with Crippen molar-refractivity contribution in [3.05, 3.63) is 59.2 Å². The third kappa shape index (κ3) is 3.26. The number of nitrogens with one attached hydrogen (secondary N) is 2. The summed E-state index contributed by atoms with van der Waals surface area (Å²) in [7, 11) is 0. The van der Waals surface area contributed by atoms with E-state index in [1.165, 1.54) is 0 Å². The molecule has 0 saturated heterocycles. The van der Waals surface area contributed by atoms with Gasteiger partial charge in [-0.2, -0.15) is 4.98 Å². The number of anilines is 4. The summed E-state index contributed by atoms with van der Waals surface area (Å²) in [5, 5.41) is 6.41. The Labute approximate surface area is 147 Å². The summed E-state index contributed by atoms with van der Waals surface area (Å²) in [5.41, 5.74) is 1.78. The zero-order valence-corrected chi connectivity index (χ0v) is 14.1. The predicted molar refractivity (Wildman–Crippen MR) is 95.3 cm³/mol. The van der Waals surface area contributed by atoms with Crippen LogP contribution < -0.4 is 20.1 Å². The Hall–Kier alpha value is -2.80. The molecule has 1 aliphatic rings. The minimum Gasteiger partial charge on any atom is -0.454 e. The van der Waals surface area contributed by atoms with Crippen LogP contribution in [-0.4, -0.2) is 16.8 Å². The van der Waals surface area contributed by atoms with E-state index in [2.05, 4.69) is 36.5 Å². The molecule has 0 fully saturated rings. The van der Waals surface area contributed by atoms with Gasteiger partial charge in [-0.05, 0) is 42.5 Å². The van der Waals surface area contributed by atoms with E-state index in [0.29, 0.717) is 11.8 Å². The number of halogens is 1. The van der Waals surface area contributed by atoms with E-state index in [1.807, 2.05) is 42.5 Å². The highest BCUT2D eigenvalue weighted by Crippen LogP contribution is 2.34. The number of ether oxygens (including phenoxy) is 2. The molecule has 0 radical (unpaired) electrons. The second-order valence-corrected chi connectivity index (χ2v) is 6.01. The Balaban J connectivity index is 1.51. The molecule has 0 amide bonds. The molecule has 2 aromatic carbocycles. The van der Waals surface area contributed by atoms with Gasteiger partial charge in [0.15, 0.2) is 11.5 Å². The summed E-state index contributed by atoms with van der Waals surface area (Å²) in [6.45, 7) is 0.257. The molecular formula is C17H13BrN4O2. The molecule has 2 heterocycles. The van der Waals surface area contributed by atoms with Gasteiger partial charge in [0.2, 0.25) is 12.7 Å². The molecule has 120 valence electrons. The van der Waals surface area contributed by atoms with Crippen LogP contribution in [0.3, 0.4) is 0 Å². The van der Waals surface area contributed by atoms with Crippen LogP contribution in [0.2, 0.25) is 0 Å². The molecule has 0 bridgehead atoms. The van der Waals surface area contributed by atoms with Gasteiger partial charge in [0, 0.05) is 28.1 Å². The number of fused-ring (bicyclic) bond motifs is 1. The summed E-state index contributed by atoms with van der Waals surface area (Å²) >= 11 is 3.41. The maximum Gasteiger partial charge on any atom is 0.231 e. The lowest BCUT2D eigenvalue weighted by Crippen LogP contribution is -2.00. The van der Waals surface area contributed by atoms with Crippen LogP contribution in [0.15, 0.2) is 59.2 Å². The van der Waals surface area contributed by atoms with Crippen molar-refractivity contribution in [2.75, 3.05) is 17.4 Å². The number of benzene rings is 2. The molecule has 2 N–H and O–H groups in total. The van der Waals surface area contributed by atoms with Gasteiger partial charge in [-0.3, -0.25) is 0 Å². The highest BCUT2D eigenvalue weighted by Gasteiger charge is 2.13. The summed E-state index contributed by atoms with van der Waals surface area (Å²) in [5.74, 6) is 2.68. The Bertz CT molecular complexity index is 871. The molecule has 7 heteroatoms. The molecule has 0 aliphatic carbocycles. The quantitative estimate of drug-likeness (QED) is 0.692. The second-order valence-electron chi connectivity index (χ2n) is 5.09. The van der Waals surface area contributed by atoms with Crippen LogP contribution >= 0.6 is 15.9 Å². The first kappa shape index (κ1) is 14.8. The normalized spacial score (nSPS) is 12.0. The van der Waals surface area contributed by atoms with Crippen molar-refractivity contribution in [2.45, 2.75) is 0 Å². The summed E-state index contributed by atoms with van der Waals surface area (Å²) in [6, 6.07) is 15.3. The number of hydrogen-bond donors (Lipinski definition) is 2. The van der Waals surface area contributed by atoms with Crippen molar-refractivity contribution in [3.63, 3.8) is 0 Å². The van der Waals surface area contributed by atoms with E-state index in [9.17, 15) is 0 Å². The largest absolute Gasteiger partial charge is 0.454 e. The molecular weight excluding hydrogens is 372 g/mol. The van der Waals surface area contributed by atoms with Gasteiger partial charge in [-0.15, -0.1) is 0 Å². The Morgan fingerprint density at radius 1 is 0.875 bits per heavy atom. The van der Waals surface area contributed by atoms with Crippen molar-refractivity contribution < 1.29 is 9.47 Å². The molecule has 0 saturated carbocycles. The average molecular weight is 385 g/mol. The molecule has 1 aliphatic heterocycles. The smallest absolute Gasteiger partial charge is 0.231 e. The number of nitrogens with zero attached hydrogens (tertiary/aromatic N) is 2. The zero-order valence-electron chi connectivity index (χ0n) is 12.5. The number of hydrogen-bond acceptors (Lipinski definition) is 6. The third-order valence-corrected chi connectivity index (χ3v) is 3.93. The first-order chi connectivity index (χ1) is 11.8. The van der Waals surface area contributed by atoms with Gasteiger partial charge < -0.3 is 20.1 Å². The average Bonchev–Trinajstić information content (AvgIpc) is 3.05. The SMILES string of the molecule is Brc1ccc(Nc2nccc(Nc3ccc4c(c3)OCO4)n2)cc1. The fraction of sp³-hybridized carbons (Fsp3) is 0.0588. The van der Waals surface area contributed by atoms with Crippen LogP contribution in [0.1, 0.15) is 0 Å². The molecule has 0 atom stereocenters.